The maximum atomic E-state index is 10.2. The second kappa shape index (κ2) is 6.48. The van der Waals surface area contributed by atoms with Crippen molar-refractivity contribution in [3.05, 3.63) is 34.3 Å². The Morgan fingerprint density at radius 1 is 1.35 bits per heavy atom. The van der Waals surface area contributed by atoms with Crippen molar-refractivity contribution >= 4 is 15.9 Å². The number of aliphatic hydroxyl groups excluding tert-OH is 1. The molecule has 0 amide bonds. The Labute approximate surface area is 147 Å². The summed E-state index contributed by atoms with van der Waals surface area (Å²) in [6.45, 7) is 11.1. The second-order valence-electron chi connectivity index (χ2n) is 7.82. The van der Waals surface area contributed by atoms with E-state index < -0.39 is 0 Å². The molecule has 0 saturated heterocycles. The molecule has 0 spiro atoms. The number of benzene rings is 1. The number of phenols is 1. The molecule has 0 bridgehead atoms. The van der Waals surface area contributed by atoms with E-state index in [2.05, 4.69) is 43.3 Å². The molecule has 1 aliphatic rings. The van der Waals surface area contributed by atoms with E-state index in [0.717, 1.165) is 24.8 Å². The average molecular weight is 383 g/mol. The summed E-state index contributed by atoms with van der Waals surface area (Å²) in [6, 6.07) is 3.79. The Bertz CT molecular complexity index is 609. The summed E-state index contributed by atoms with van der Waals surface area (Å²) in [5, 5.41) is 19.9. The largest absolute Gasteiger partial charge is 0.503 e. The van der Waals surface area contributed by atoms with Gasteiger partial charge in [-0.05, 0) is 63.6 Å². The minimum Gasteiger partial charge on any atom is -0.503 e. The lowest BCUT2D eigenvalue weighted by molar-refractivity contribution is 0.0333. The minimum atomic E-state index is -0.0869. The Hall–Kier alpha value is -1.00. The third-order valence-electron chi connectivity index (χ3n) is 5.16. The molecule has 0 heterocycles. The van der Waals surface area contributed by atoms with Gasteiger partial charge in [0.05, 0.1) is 11.6 Å². The van der Waals surface area contributed by atoms with Crippen LogP contribution in [0.2, 0.25) is 0 Å². The molecule has 1 aromatic carbocycles. The fourth-order valence-corrected chi connectivity index (χ4v) is 4.66. The van der Waals surface area contributed by atoms with E-state index in [1.807, 2.05) is 6.07 Å². The Kier molecular flexibility index (Phi) is 5.17. The Morgan fingerprint density at radius 3 is 2.52 bits per heavy atom. The van der Waals surface area contributed by atoms with Crippen molar-refractivity contribution < 1.29 is 14.9 Å². The van der Waals surface area contributed by atoms with Gasteiger partial charge in [0.25, 0.3) is 0 Å². The SMILES string of the molecule is C=C1CC(C)(CO)CC(C)(C)C1Cc1ccc(OC)c(O)c1Br. The van der Waals surface area contributed by atoms with Crippen LogP contribution in [0, 0.1) is 16.7 Å². The van der Waals surface area contributed by atoms with Gasteiger partial charge in [-0.3, -0.25) is 0 Å². The molecule has 4 heteroatoms. The van der Waals surface area contributed by atoms with Gasteiger partial charge in [0.2, 0.25) is 0 Å². The van der Waals surface area contributed by atoms with Crippen molar-refractivity contribution in [3.8, 4) is 11.5 Å². The van der Waals surface area contributed by atoms with Gasteiger partial charge in [0.15, 0.2) is 11.5 Å². The molecule has 1 aromatic rings. The Morgan fingerprint density at radius 2 is 2.00 bits per heavy atom. The molecule has 2 rings (SSSR count). The smallest absolute Gasteiger partial charge is 0.172 e. The monoisotopic (exact) mass is 382 g/mol. The summed E-state index contributed by atoms with van der Waals surface area (Å²) in [5.74, 6) is 0.922. The molecule has 2 atom stereocenters. The number of methoxy groups -OCH3 is 1. The van der Waals surface area contributed by atoms with Gasteiger partial charge in [-0.1, -0.05) is 39.0 Å². The number of rotatable bonds is 4. The highest BCUT2D eigenvalue weighted by Gasteiger charge is 2.44. The number of halogens is 1. The van der Waals surface area contributed by atoms with Crippen molar-refractivity contribution in [2.24, 2.45) is 16.7 Å². The first-order valence-corrected chi connectivity index (χ1v) is 8.76. The molecule has 2 N–H and O–H groups in total. The van der Waals surface area contributed by atoms with Gasteiger partial charge in [-0.15, -0.1) is 0 Å². The lowest BCUT2D eigenvalue weighted by Gasteiger charge is -2.49. The molecule has 0 radical (unpaired) electrons. The zero-order valence-corrected chi connectivity index (χ0v) is 16.0. The fraction of sp³-hybridized carbons (Fsp3) is 0.579. The first-order chi connectivity index (χ1) is 10.6. The summed E-state index contributed by atoms with van der Waals surface area (Å²) >= 11 is 3.49. The maximum absolute atomic E-state index is 10.2. The van der Waals surface area contributed by atoms with E-state index in [1.165, 1.54) is 5.57 Å². The number of phenolic OH excluding ortho intramolecular Hbond substituents is 1. The highest BCUT2D eigenvalue weighted by Crippen LogP contribution is 2.53. The maximum Gasteiger partial charge on any atom is 0.172 e. The zero-order valence-electron chi connectivity index (χ0n) is 14.4. The Balaban J connectivity index is 2.30. The normalized spacial score (nSPS) is 27.0. The van der Waals surface area contributed by atoms with E-state index in [9.17, 15) is 10.2 Å². The van der Waals surface area contributed by atoms with Crippen molar-refractivity contribution in [1.29, 1.82) is 0 Å². The van der Waals surface area contributed by atoms with Crippen LogP contribution in [0.3, 0.4) is 0 Å². The molecule has 0 aliphatic heterocycles. The molecule has 2 unspecified atom stereocenters. The highest BCUT2D eigenvalue weighted by molar-refractivity contribution is 9.10. The van der Waals surface area contributed by atoms with Crippen molar-refractivity contribution in [2.45, 2.75) is 40.0 Å². The van der Waals surface area contributed by atoms with Gasteiger partial charge < -0.3 is 14.9 Å². The molecular weight excluding hydrogens is 356 g/mol. The molecule has 23 heavy (non-hydrogen) atoms. The number of hydrogen-bond acceptors (Lipinski definition) is 3. The van der Waals surface area contributed by atoms with Crippen LogP contribution in [0.4, 0.5) is 0 Å². The highest BCUT2D eigenvalue weighted by atomic mass is 79.9. The van der Waals surface area contributed by atoms with Crippen LogP contribution in [0.5, 0.6) is 11.5 Å². The van der Waals surface area contributed by atoms with Crippen LogP contribution in [-0.4, -0.2) is 23.9 Å². The predicted octanol–water partition coefficient (Wildman–Crippen LogP) is 4.70. The third kappa shape index (κ3) is 3.58. The lowest BCUT2D eigenvalue weighted by atomic mass is 9.57. The van der Waals surface area contributed by atoms with Crippen molar-refractivity contribution in [1.82, 2.24) is 0 Å². The van der Waals surface area contributed by atoms with Gasteiger partial charge in [-0.2, -0.15) is 0 Å². The predicted molar refractivity (Wildman–Crippen MR) is 96.9 cm³/mol. The fourth-order valence-electron chi connectivity index (χ4n) is 4.17. The van der Waals surface area contributed by atoms with Crippen LogP contribution in [0.25, 0.3) is 0 Å². The summed E-state index contributed by atoms with van der Waals surface area (Å²) in [6.07, 6.45) is 2.61. The molecule has 1 saturated carbocycles. The standard InChI is InChI=1S/C19H27BrO3/c1-12-9-19(4,11-21)10-18(2,3)14(12)8-13-6-7-15(23-5)17(22)16(13)20/h6-7,14,21-22H,1,8-11H2,2-5H3. The van der Waals surface area contributed by atoms with Crippen LogP contribution >= 0.6 is 15.9 Å². The van der Waals surface area contributed by atoms with Crippen LogP contribution in [-0.2, 0) is 6.42 Å². The third-order valence-corrected chi connectivity index (χ3v) is 6.04. The lowest BCUT2D eigenvalue weighted by Crippen LogP contribution is -2.41. The van der Waals surface area contributed by atoms with Gasteiger partial charge in [0, 0.05) is 6.61 Å². The molecule has 1 fully saturated rings. The van der Waals surface area contributed by atoms with E-state index in [4.69, 9.17) is 4.74 Å². The molecular formula is C19H27BrO3. The number of hydrogen-bond donors (Lipinski definition) is 2. The summed E-state index contributed by atoms with van der Waals surface area (Å²) < 4.78 is 5.84. The van der Waals surface area contributed by atoms with Gasteiger partial charge in [-0.25, -0.2) is 0 Å². The average Bonchev–Trinajstić information content (AvgIpc) is 2.46. The first-order valence-electron chi connectivity index (χ1n) is 7.96. The minimum absolute atomic E-state index is 0.0435. The first kappa shape index (κ1) is 18.3. The topological polar surface area (TPSA) is 49.7 Å². The molecule has 0 aromatic heterocycles. The summed E-state index contributed by atoms with van der Waals surface area (Å²) in [5.41, 5.74) is 2.19. The van der Waals surface area contributed by atoms with Crippen LogP contribution < -0.4 is 4.74 Å². The summed E-state index contributed by atoms with van der Waals surface area (Å²) in [7, 11) is 1.54. The van der Waals surface area contributed by atoms with Gasteiger partial charge >= 0.3 is 0 Å². The van der Waals surface area contributed by atoms with E-state index in [-0.39, 0.29) is 23.2 Å². The van der Waals surface area contributed by atoms with Gasteiger partial charge in [0.1, 0.15) is 0 Å². The van der Waals surface area contributed by atoms with Crippen LogP contribution in [0.15, 0.2) is 28.8 Å². The van der Waals surface area contributed by atoms with E-state index in [1.54, 1.807) is 13.2 Å². The quantitative estimate of drug-likeness (QED) is 0.742. The second-order valence-corrected chi connectivity index (χ2v) is 8.61. The van der Waals surface area contributed by atoms with Crippen LogP contribution in [0.1, 0.15) is 39.2 Å². The number of aromatic hydroxyl groups is 1. The molecule has 1 aliphatic carbocycles. The van der Waals surface area contributed by atoms with Crippen molar-refractivity contribution in [3.63, 3.8) is 0 Å². The number of aliphatic hydroxyl groups is 1. The van der Waals surface area contributed by atoms with Crippen molar-refractivity contribution in [2.75, 3.05) is 13.7 Å². The van der Waals surface area contributed by atoms with E-state index in [0.29, 0.717) is 16.1 Å². The number of allylic oxidation sites excluding steroid dienone is 1. The zero-order chi connectivity index (χ0) is 17.4. The summed E-state index contributed by atoms with van der Waals surface area (Å²) in [4.78, 5) is 0. The molecule has 3 nitrogen and oxygen atoms in total. The number of ether oxygens (including phenoxy) is 1. The van der Waals surface area contributed by atoms with E-state index >= 15 is 0 Å². The molecule has 128 valence electrons.